The van der Waals surface area contributed by atoms with E-state index in [9.17, 15) is 8.42 Å². The molecular formula is C20H22N6O3S. The third-order valence-corrected chi connectivity index (χ3v) is 7.04. The van der Waals surface area contributed by atoms with Gasteiger partial charge in [0.15, 0.2) is 21.3 Å². The Bertz CT molecular complexity index is 1200. The van der Waals surface area contributed by atoms with Crippen LogP contribution in [-0.4, -0.2) is 46.9 Å². The molecule has 0 aliphatic carbocycles. The zero-order valence-electron chi connectivity index (χ0n) is 16.7. The SMILES string of the molecule is CC(C)S(=O)(=O)c1ccc(-c2cnc(N)c(-c3nnc(C4=CCNCC4)o3)n2)cc1. The molecule has 0 amide bonds. The van der Waals surface area contributed by atoms with Gasteiger partial charge in [0, 0.05) is 17.7 Å². The molecule has 0 unspecified atom stereocenters. The average molecular weight is 427 g/mol. The molecule has 3 N–H and O–H groups in total. The second kappa shape index (κ2) is 7.96. The second-order valence-electron chi connectivity index (χ2n) is 7.20. The first-order chi connectivity index (χ1) is 14.4. The molecule has 1 aliphatic rings. The molecule has 3 heterocycles. The third kappa shape index (κ3) is 3.83. The fourth-order valence-corrected chi connectivity index (χ4v) is 4.11. The van der Waals surface area contributed by atoms with Gasteiger partial charge in [-0.05, 0) is 38.9 Å². The Kier molecular flexibility index (Phi) is 5.35. The van der Waals surface area contributed by atoms with Crippen molar-refractivity contribution < 1.29 is 12.8 Å². The molecule has 1 aliphatic heterocycles. The van der Waals surface area contributed by atoms with Crippen molar-refractivity contribution in [3.05, 3.63) is 42.4 Å². The van der Waals surface area contributed by atoms with Crippen molar-refractivity contribution in [2.24, 2.45) is 0 Å². The number of sulfone groups is 1. The van der Waals surface area contributed by atoms with E-state index >= 15 is 0 Å². The predicted octanol–water partition coefficient (Wildman–Crippen LogP) is 2.33. The molecular weight excluding hydrogens is 404 g/mol. The van der Waals surface area contributed by atoms with E-state index in [-0.39, 0.29) is 16.6 Å². The number of hydrogen-bond donors (Lipinski definition) is 2. The number of nitrogens with one attached hydrogen (secondary N) is 1. The number of nitrogens with zero attached hydrogens (tertiary/aromatic N) is 4. The summed E-state index contributed by atoms with van der Waals surface area (Å²) in [7, 11) is -3.34. The molecule has 3 aromatic rings. The van der Waals surface area contributed by atoms with Crippen molar-refractivity contribution in [1.82, 2.24) is 25.5 Å². The Balaban J connectivity index is 1.66. The van der Waals surface area contributed by atoms with Gasteiger partial charge in [-0.1, -0.05) is 18.2 Å². The maximum absolute atomic E-state index is 12.3. The van der Waals surface area contributed by atoms with Gasteiger partial charge in [-0.15, -0.1) is 10.2 Å². The van der Waals surface area contributed by atoms with Gasteiger partial charge in [0.05, 0.1) is 22.0 Å². The monoisotopic (exact) mass is 426 g/mol. The first kappa shape index (κ1) is 20.2. The molecule has 2 aromatic heterocycles. The van der Waals surface area contributed by atoms with Crippen LogP contribution in [0.2, 0.25) is 0 Å². The first-order valence-corrected chi connectivity index (χ1v) is 11.1. The number of nitrogens with two attached hydrogens (primary N) is 1. The van der Waals surface area contributed by atoms with Crippen molar-refractivity contribution in [1.29, 1.82) is 0 Å². The molecule has 9 nitrogen and oxygen atoms in total. The van der Waals surface area contributed by atoms with Crippen LogP contribution in [-0.2, 0) is 9.84 Å². The van der Waals surface area contributed by atoms with E-state index in [1.807, 2.05) is 6.08 Å². The van der Waals surface area contributed by atoms with Crippen LogP contribution in [0.3, 0.4) is 0 Å². The predicted molar refractivity (Wildman–Crippen MR) is 113 cm³/mol. The lowest BCUT2D eigenvalue weighted by atomic mass is 10.1. The number of rotatable bonds is 5. The highest BCUT2D eigenvalue weighted by molar-refractivity contribution is 7.92. The zero-order valence-corrected chi connectivity index (χ0v) is 17.5. The molecule has 156 valence electrons. The smallest absolute Gasteiger partial charge is 0.270 e. The van der Waals surface area contributed by atoms with E-state index in [1.165, 1.54) is 6.20 Å². The van der Waals surface area contributed by atoms with E-state index in [4.69, 9.17) is 10.2 Å². The van der Waals surface area contributed by atoms with Crippen molar-refractivity contribution in [3.8, 4) is 22.8 Å². The topological polar surface area (TPSA) is 137 Å². The quantitative estimate of drug-likeness (QED) is 0.629. The summed E-state index contributed by atoms with van der Waals surface area (Å²) >= 11 is 0. The molecule has 0 saturated carbocycles. The van der Waals surface area contributed by atoms with Gasteiger partial charge in [0.1, 0.15) is 0 Å². The van der Waals surface area contributed by atoms with Crippen LogP contribution in [0.25, 0.3) is 28.4 Å². The number of anilines is 1. The maximum atomic E-state index is 12.3. The summed E-state index contributed by atoms with van der Waals surface area (Å²) in [5.41, 5.74) is 8.49. The Labute approximate surface area is 174 Å². The maximum Gasteiger partial charge on any atom is 0.270 e. The molecule has 0 fully saturated rings. The molecule has 10 heteroatoms. The van der Waals surface area contributed by atoms with Crippen LogP contribution in [0.15, 0.2) is 45.9 Å². The van der Waals surface area contributed by atoms with Crippen molar-refractivity contribution in [2.45, 2.75) is 30.4 Å². The highest BCUT2D eigenvalue weighted by Crippen LogP contribution is 2.28. The minimum Gasteiger partial charge on any atom is -0.415 e. The van der Waals surface area contributed by atoms with Crippen molar-refractivity contribution >= 4 is 21.2 Å². The number of nitrogen functional groups attached to an aromatic ring is 1. The molecule has 4 rings (SSSR count). The van der Waals surface area contributed by atoms with E-state index in [2.05, 4.69) is 25.5 Å². The van der Waals surface area contributed by atoms with Gasteiger partial charge in [0.2, 0.25) is 5.89 Å². The second-order valence-corrected chi connectivity index (χ2v) is 9.71. The Hall–Kier alpha value is -3.11. The molecule has 0 saturated heterocycles. The minimum absolute atomic E-state index is 0.173. The number of benzene rings is 1. The standard InChI is InChI=1S/C20H22N6O3S/c1-12(2)30(27,28)15-5-3-13(4-6-15)16-11-23-18(21)17(24-16)20-26-25-19(29-20)14-7-9-22-10-8-14/h3-7,11-12,22H,8-10H2,1-2H3,(H2,21,23). The normalized spacial score (nSPS) is 14.7. The summed E-state index contributed by atoms with van der Waals surface area (Å²) in [6, 6.07) is 6.52. The van der Waals surface area contributed by atoms with Crippen LogP contribution < -0.4 is 11.1 Å². The largest absolute Gasteiger partial charge is 0.415 e. The average Bonchev–Trinajstić information content (AvgIpc) is 3.25. The Morgan fingerprint density at radius 2 is 1.87 bits per heavy atom. The van der Waals surface area contributed by atoms with Crippen molar-refractivity contribution in [3.63, 3.8) is 0 Å². The highest BCUT2D eigenvalue weighted by Gasteiger charge is 2.20. The molecule has 1 aromatic carbocycles. The Morgan fingerprint density at radius 1 is 1.13 bits per heavy atom. The van der Waals surface area contributed by atoms with Crippen LogP contribution in [0.5, 0.6) is 0 Å². The zero-order chi connectivity index (χ0) is 21.3. The van der Waals surface area contributed by atoms with Gasteiger partial charge in [-0.2, -0.15) is 0 Å². The van der Waals surface area contributed by atoms with E-state index in [1.54, 1.807) is 38.1 Å². The number of aromatic nitrogens is 4. The third-order valence-electron chi connectivity index (χ3n) is 4.87. The summed E-state index contributed by atoms with van der Waals surface area (Å²) < 4.78 is 30.4. The summed E-state index contributed by atoms with van der Waals surface area (Å²) in [5.74, 6) is 0.809. The number of hydrogen-bond acceptors (Lipinski definition) is 9. The van der Waals surface area contributed by atoms with Crippen molar-refractivity contribution in [2.75, 3.05) is 18.8 Å². The highest BCUT2D eigenvalue weighted by atomic mass is 32.2. The first-order valence-electron chi connectivity index (χ1n) is 9.57. The van der Waals surface area contributed by atoms with Crippen LogP contribution in [0.1, 0.15) is 26.2 Å². The van der Waals surface area contributed by atoms with Crippen LogP contribution in [0, 0.1) is 0 Å². The van der Waals surface area contributed by atoms with Gasteiger partial charge in [-0.3, -0.25) is 0 Å². The lowest BCUT2D eigenvalue weighted by Gasteiger charge is -2.10. The summed E-state index contributed by atoms with van der Waals surface area (Å²) in [6.07, 6.45) is 4.34. The fourth-order valence-electron chi connectivity index (χ4n) is 3.05. The lowest BCUT2D eigenvalue weighted by Crippen LogP contribution is -2.20. The van der Waals surface area contributed by atoms with Crippen LogP contribution >= 0.6 is 0 Å². The van der Waals surface area contributed by atoms with Gasteiger partial charge >= 0.3 is 0 Å². The van der Waals surface area contributed by atoms with Gasteiger partial charge < -0.3 is 15.5 Å². The summed E-state index contributed by atoms with van der Waals surface area (Å²) in [5, 5.41) is 10.9. The van der Waals surface area contributed by atoms with E-state index < -0.39 is 15.1 Å². The Morgan fingerprint density at radius 3 is 2.53 bits per heavy atom. The van der Waals surface area contributed by atoms with E-state index in [0.29, 0.717) is 22.8 Å². The minimum atomic E-state index is -3.34. The van der Waals surface area contributed by atoms with Crippen LogP contribution in [0.4, 0.5) is 5.82 Å². The fraction of sp³-hybridized carbons (Fsp3) is 0.300. The van der Waals surface area contributed by atoms with Gasteiger partial charge in [-0.25, -0.2) is 18.4 Å². The molecule has 0 bridgehead atoms. The van der Waals surface area contributed by atoms with E-state index in [0.717, 1.165) is 25.1 Å². The molecule has 30 heavy (non-hydrogen) atoms. The summed E-state index contributed by atoms with van der Waals surface area (Å²) in [4.78, 5) is 9.00. The molecule has 0 atom stereocenters. The van der Waals surface area contributed by atoms with Gasteiger partial charge in [0.25, 0.3) is 5.89 Å². The molecule has 0 spiro atoms. The lowest BCUT2D eigenvalue weighted by molar-refractivity contribution is 0.544. The summed E-state index contributed by atoms with van der Waals surface area (Å²) in [6.45, 7) is 4.91. The molecule has 0 radical (unpaired) electrons.